The second-order valence-electron chi connectivity index (χ2n) is 3.59. The first-order valence-electron chi connectivity index (χ1n) is 5.26. The van der Waals surface area contributed by atoms with E-state index in [2.05, 4.69) is 15.1 Å². The molecule has 0 saturated heterocycles. The summed E-state index contributed by atoms with van der Waals surface area (Å²) in [6.07, 6.45) is 1.51. The predicted molar refractivity (Wildman–Crippen MR) is 65.0 cm³/mol. The van der Waals surface area contributed by atoms with Gasteiger partial charge in [0.05, 0.1) is 5.75 Å². The van der Waals surface area contributed by atoms with Gasteiger partial charge in [0.2, 0.25) is 5.89 Å². The van der Waals surface area contributed by atoms with Gasteiger partial charge in [-0.15, -0.1) is 0 Å². The zero-order chi connectivity index (χ0) is 13.8. The van der Waals surface area contributed by atoms with Crippen molar-refractivity contribution in [3.63, 3.8) is 0 Å². The van der Waals surface area contributed by atoms with E-state index < -0.39 is 11.5 Å². The number of nitrogens with zero attached hydrogens (tertiary/aromatic N) is 4. The normalized spacial score (nSPS) is 10.6. The van der Waals surface area contributed by atoms with Crippen molar-refractivity contribution >= 4 is 17.7 Å². The maximum Gasteiger partial charge on any atom is 0.313 e. The van der Waals surface area contributed by atoms with Gasteiger partial charge >= 0.3 is 5.97 Å². The number of hydrogen-bond acceptors (Lipinski definition) is 7. The third kappa shape index (κ3) is 3.65. The monoisotopic (exact) mass is 282 g/mol. The Kier molecular flexibility index (Phi) is 3.95. The van der Waals surface area contributed by atoms with Crippen LogP contribution in [0.3, 0.4) is 0 Å². The molecule has 19 heavy (non-hydrogen) atoms. The van der Waals surface area contributed by atoms with Crippen LogP contribution in [0.15, 0.2) is 26.7 Å². The van der Waals surface area contributed by atoms with E-state index in [0.717, 1.165) is 11.8 Å². The number of aliphatic carboxylic acids is 1. The van der Waals surface area contributed by atoms with E-state index >= 15 is 0 Å². The smallest absolute Gasteiger partial charge is 0.313 e. The first kappa shape index (κ1) is 13.3. The van der Waals surface area contributed by atoms with E-state index in [1.54, 1.807) is 11.5 Å². The summed E-state index contributed by atoms with van der Waals surface area (Å²) in [6.45, 7) is 1.92. The Morgan fingerprint density at radius 3 is 2.95 bits per heavy atom. The molecular weight excluding hydrogens is 272 g/mol. The molecule has 0 aliphatic rings. The summed E-state index contributed by atoms with van der Waals surface area (Å²) in [5.41, 5.74) is -0.425. The van der Waals surface area contributed by atoms with Crippen LogP contribution in [0, 0.1) is 6.92 Å². The van der Waals surface area contributed by atoms with Gasteiger partial charge < -0.3 is 14.2 Å². The highest BCUT2D eigenvalue weighted by molar-refractivity contribution is 7.99. The van der Waals surface area contributed by atoms with Crippen LogP contribution in [-0.4, -0.2) is 36.5 Å². The van der Waals surface area contributed by atoms with E-state index in [4.69, 9.17) is 9.63 Å². The number of carbonyl (C=O) groups is 1. The number of carboxylic acid groups (broad SMARTS) is 1. The van der Waals surface area contributed by atoms with Gasteiger partial charge in [-0.25, -0.2) is 0 Å². The molecule has 0 amide bonds. The maximum absolute atomic E-state index is 11.2. The van der Waals surface area contributed by atoms with Crippen molar-refractivity contribution in [3.05, 3.63) is 34.3 Å². The van der Waals surface area contributed by atoms with Crippen molar-refractivity contribution in [2.75, 3.05) is 5.75 Å². The zero-order valence-electron chi connectivity index (χ0n) is 9.94. The van der Waals surface area contributed by atoms with Crippen LogP contribution in [0.25, 0.3) is 0 Å². The lowest BCUT2D eigenvalue weighted by Gasteiger charge is -2.07. The van der Waals surface area contributed by atoms with Gasteiger partial charge in [-0.05, 0) is 6.92 Å². The first-order chi connectivity index (χ1) is 9.04. The lowest BCUT2D eigenvalue weighted by atomic mass is 10.5. The van der Waals surface area contributed by atoms with E-state index in [-0.39, 0.29) is 12.3 Å². The van der Waals surface area contributed by atoms with Gasteiger partial charge in [0.15, 0.2) is 11.0 Å². The summed E-state index contributed by atoms with van der Waals surface area (Å²) < 4.78 is 6.55. The Bertz CT molecular complexity index is 651. The summed E-state index contributed by atoms with van der Waals surface area (Å²) in [4.78, 5) is 29.6. The van der Waals surface area contributed by atoms with Crippen LogP contribution in [0.4, 0.5) is 0 Å². The maximum atomic E-state index is 11.2. The van der Waals surface area contributed by atoms with Crippen LogP contribution in [0.2, 0.25) is 0 Å². The molecule has 0 atom stereocenters. The van der Waals surface area contributed by atoms with Crippen LogP contribution < -0.4 is 5.56 Å². The molecular formula is C10H10N4O4S. The molecule has 100 valence electrons. The molecule has 1 N–H and O–H groups in total. The van der Waals surface area contributed by atoms with Gasteiger partial charge in [0, 0.05) is 12.3 Å². The van der Waals surface area contributed by atoms with Gasteiger partial charge in [-0.1, -0.05) is 16.9 Å². The average Bonchev–Trinajstić information content (AvgIpc) is 2.75. The van der Waals surface area contributed by atoms with Crippen molar-refractivity contribution in [3.8, 4) is 0 Å². The highest BCUT2D eigenvalue weighted by atomic mass is 32.2. The summed E-state index contributed by atoms with van der Waals surface area (Å²) in [7, 11) is 0. The molecule has 0 bridgehead atoms. The number of aryl methyl sites for hydroxylation is 1. The molecule has 0 spiro atoms. The first-order valence-corrected chi connectivity index (χ1v) is 6.24. The number of aromatic nitrogens is 4. The quantitative estimate of drug-likeness (QED) is 0.609. The van der Waals surface area contributed by atoms with Crippen molar-refractivity contribution in [1.82, 2.24) is 19.7 Å². The Morgan fingerprint density at radius 2 is 2.32 bits per heavy atom. The summed E-state index contributed by atoms with van der Waals surface area (Å²) in [5.74, 6) is -0.300. The second kappa shape index (κ2) is 5.65. The Balaban J connectivity index is 2.23. The van der Waals surface area contributed by atoms with Gasteiger partial charge in [-0.3, -0.25) is 9.59 Å². The highest BCUT2D eigenvalue weighted by Crippen LogP contribution is 2.14. The lowest BCUT2D eigenvalue weighted by Crippen LogP contribution is -2.15. The minimum Gasteiger partial charge on any atom is -0.481 e. The van der Waals surface area contributed by atoms with Crippen molar-refractivity contribution < 1.29 is 14.4 Å². The van der Waals surface area contributed by atoms with Crippen molar-refractivity contribution in [2.45, 2.75) is 18.6 Å². The largest absolute Gasteiger partial charge is 0.481 e. The van der Waals surface area contributed by atoms with Crippen LogP contribution >= 0.6 is 11.8 Å². The fourth-order valence-electron chi connectivity index (χ4n) is 1.33. The predicted octanol–water partition coefficient (Wildman–Crippen LogP) is 0.160. The molecule has 0 saturated carbocycles. The minimum atomic E-state index is -0.983. The molecule has 2 aromatic heterocycles. The topological polar surface area (TPSA) is 111 Å². The Morgan fingerprint density at radius 1 is 1.53 bits per heavy atom. The van der Waals surface area contributed by atoms with E-state index in [1.807, 2.05) is 0 Å². The van der Waals surface area contributed by atoms with Crippen molar-refractivity contribution in [2.24, 2.45) is 0 Å². The van der Waals surface area contributed by atoms with Crippen LogP contribution in [0.1, 0.15) is 11.7 Å². The molecule has 0 aromatic carbocycles. The lowest BCUT2D eigenvalue weighted by molar-refractivity contribution is -0.133. The average molecular weight is 282 g/mol. The summed E-state index contributed by atoms with van der Waals surface area (Å²) >= 11 is 0.958. The zero-order valence-corrected chi connectivity index (χ0v) is 10.8. The fraction of sp³-hybridized carbons (Fsp3) is 0.300. The summed E-state index contributed by atoms with van der Waals surface area (Å²) in [6, 6.07) is 1.29. The molecule has 0 unspecified atom stereocenters. The number of hydrogen-bond donors (Lipinski definition) is 1. The number of carboxylic acids is 1. The van der Waals surface area contributed by atoms with Gasteiger partial charge in [0.1, 0.15) is 6.54 Å². The Hall–Kier alpha value is -2.16. The van der Waals surface area contributed by atoms with E-state index in [9.17, 15) is 9.59 Å². The molecule has 9 heteroatoms. The van der Waals surface area contributed by atoms with E-state index in [1.165, 1.54) is 12.3 Å². The molecule has 2 heterocycles. The van der Waals surface area contributed by atoms with Gasteiger partial charge in [0.25, 0.3) is 5.56 Å². The molecule has 8 nitrogen and oxygen atoms in total. The fourth-order valence-corrected chi connectivity index (χ4v) is 2.02. The molecule has 2 rings (SSSR count). The highest BCUT2D eigenvalue weighted by Gasteiger charge is 2.10. The molecule has 0 aliphatic heterocycles. The molecule has 0 radical (unpaired) electrons. The van der Waals surface area contributed by atoms with Gasteiger partial charge in [-0.2, -0.15) is 9.97 Å². The molecule has 0 aliphatic carbocycles. The molecule has 2 aromatic rings. The third-order valence-corrected chi connectivity index (χ3v) is 3.02. The standard InChI is InChI=1S/C10H10N4O4S/c1-6-11-8(18-13-6)4-14-3-2-7(15)12-10(14)19-5-9(16)17/h2-3H,4-5H2,1H3,(H,16,17). The van der Waals surface area contributed by atoms with Crippen LogP contribution in [0.5, 0.6) is 0 Å². The van der Waals surface area contributed by atoms with Crippen LogP contribution in [-0.2, 0) is 11.3 Å². The molecule has 0 fully saturated rings. The second-order valence-corrected chi connectivity index (χ2v) is 4.54. The third-order valence-electron chi connectivity index (χ3n) is 2.05. The Labute approximate surface area is 111 Å². The summed E-state index contributed by atoms with van der Waals surface area (Å²) in [5, 5.41) is 12.6. The number of rotatable bonds is 5. The number of thioether (sulfide) groups is 1. The minimum absolute atomic E-state index is 0.181. The van der Waals surface area contributed by atoms with Crippen molar-refractivity contribution in [1.29, 1.82) is 0 Å². The van der Waals surface area contributed by atoms with E-state index in [0.29, 0.717) is 16.9 Å². The SMILES string of the molecule is Cc1noc(Cn2ccc(=O)nc2SCC(=O)O)n1.